The molecule has 0 saturated heterocycles. The number of halogens is 1. The van der Waals surface area contributed by atoms with Gasteiger partial charge in [-0.05, 0) is 34.5 Å². The lowest BCUT2D eigenvalue weighted by molar-refractivity contribution is 0.489. The van der Waals surface area contributed by atoms with E-state index in [2.05, 4.69) is 47.8 Å². The molecule has 1 nitrogen and oxygen atoms in total. The quantitative estimate of drug-likeness (QED) is 0.705. The number of aromatic nitrogens is 1. The Hall–Kier alpha value is -0.370. The van der Waals surface area contributed by atoms with Crippen molar-refractivity contribution in [2.24, 2.45) is 0 Å². The van der Waals surface area contributed by atoms with E-state index in [0.717, 1.165) is 16.7 Å². The lowest BCUT2D eigenvalue weighted by Crippen LogP contribution is -2.17. The maximum absolute atomic E-state index is 4.43. The summed E-state index contributed by atoms with van der Waals surface area (Å²) in [6.45, 7) is 6.60. The third-order valence-corrected chi connectivity index (χ3v) is 2.73. The first-order valence-corrected chi connectivity index (χ1v) is 4.98. The average Bonchev–Trinajstić information content (AvgIpc) is 2.05. The molecule has 12 heavy (non-hydrogen) atoms. The first-order valence-electron chi connectivity index (χ1n) is 4.19. The van der Waals surface area contributed by atoms with Gasteiger partial charge in [-0.15, -0.1) is 0 Å². The molecular formula is C10H14BrN. The number of rotatable bonds is 2. The molecule has 0 fully saturated rings. The van der Waals surface area contributed by atoms with E-state index in [0.29, 0.717) is 0 Å². The molecule has 0 N–H and O–H groups in total. The third kappa shape index (κ3) is 2.07. The fourth-order valence-electron chi connectivity index (χ4n) is 0.966. The zero-order chi connectivity index (χ0) is 9.19. The number of hydrogen-bond donors (Lipinski definition) is 0. The molecule has 0 aromatic carbocycles. The summed E-state index contributed by atoms with van der Waals surface area (Å²) < 4.78 is 0.918. The molecule has 0 unspecified atom stereocenters. The van der Waals surface area contributed by atoms with Crippen molar-refractivity contribution >= 4 is 15.9 Å². The smallest absolute Gasteiger partial charge is 0.106 e. The molecule has 1 heterocycles. The van der Waals surface area contributed by atoms with Crippen LogP contribution in [0.1, 0.15) is 32.9 Å². The van der Waals surface area contributed by atoms with Gasteiger partial charge in [0.05, 0.1) is 0 Å². The molecule has 0 amide bonds. The second kappa shape index (κ2) is 3.56. The summed E-state index contributed by atoms with van der Waals surface area (Å²) in [6.07, 6.45) is 1.11. The largest absolute Gasteiger partial charge is 0.245 e. The van der Waals surface area contributed by atoms with Crippen LogP contribution in [-0.2, 0) is 5.41 Å². The van der Waals surface area contributed by atoms with E-state index >= 15 is 0 Å². The van der Waals surface area contributed by atoms with Gasteiger partial charge in [0.15, 0.2) is 0 Å². The van der Waals surface area contributed by atoms with Crippen LogP contribution in [0, 0.1) is 0 Å². The van der Waals surface area contributed by atoms with Crippen molar-refractivity contribution in [1.29, 1.82) is 0 Å². The van der Waals surface area contributed by atoms with Gasteiger partial charge >= 0.3 is 0 Å². The summed E-state index contributed by atoms with van der Waals surface area (Å²) in [5.41, 5.74) is 1.34. The van der Waals surface area contributed by atoms with Crippen LogP contribution >= 0.6 is 15.9 Å². The Morgan fingerprint density at radius 1 is 1.42 bits per heavy atom. The fourth-order valence-corrected chi connectivity index (χ4v) is 1.31. The van der Waals surface area contributed by atoms with Gasteiger partial charge in [0, 0.05) is 11.1 Å². The van der Waals surface area contributed by atoms with Crippen LogP contribution in [-0.4, -0.2) is 4.98 Å². The molecule has 1 rings (SSSR count). The second-order valence-electron chi connectivity index (χ2n) is 3.58. The average molecular weight is 228 g/mol. The predicted molar refractivity (Wildman–Crippen MR) is 55.3 cm³/mol. The van der Waals surface area contributed by atoms with E-state index in [4.69, 9.17) is 0 Å². The van der Waals surface area contributed by atoms with Gasteiger partial charge in [-0.3, -0.25) is 0 Å². The topological polar surface area (TPSA) is 12.9 Å². The van der Waals surface area contributed by atoms with E-state index in [1.807, 2.05) is 12.1 Å². The summed E-state index contributed by atoms with van der Waals surface area (Å²) in [5, 5.41) is 0. The Balaban J connectivity index is 3.03. The molecule has 0 atom stereocenters. The standard InChI is InChI=1S/C10H14BrN/c1-4-10(2,3)8-6-5-7-9(11)12-8/h5-7H,4H2,1-3H3. The summed E-state index contributed by atoms with van der Waals surface area (Å²) >= 11 is 3.37. The summed E-state index contributed by atoms with van der Waals surface area (Å²) in [4.78, 5) is 4.43. The number of hydrogen-bond acceptors (Lipinski definition) is 1. The molecule has 0 bridgehead atoms. The van der Waals surface area contributed by atoms with Crippen molar-refractivity contribution in [1.82, 2.24) is 4.98 Å². The van der Waals surface area contributed by atoms with Crippen molar-refractivity contribution in [3.05, 3.63) is 28.5 Å². The molecule has 0 spiro atoms. The van der Waals surface area contributed by atoms with Gasteiger partial charge in [-0.1, -0.05) is 26.8 Å². The van der Waals surface area contributed by atoms with Gasteiger partial charge in [-0.2, -0.15) is 0 Å². The van der Waals surface area contributed by atoms with Crippen LogP contribution in [0.15, 0.2) is 22.8 Å². The van der Waals surface area contributed by atoms with Gasteiger partial charge in [0.2, 0.25) is 0 Å². The van der Waals surface area contributed by atoms with Crippen molar-refractivity contribution in [2.75, 3.05) is 0 Å². The minimum atomic E-state index is 0.184. The Labute approximate surface area is 82.3 Å². The van der Waals surface area contributed by atoms with Crippen LogP contribution in [0.3, 0.4) is 0 Å². The fraction of sp³-hybridized carbons (Fsp3) is 0.500. The maximum atomic E-state index is 4.43. The monoisotopic (exact) mass is 227 g/mol. The Morgan fingerprint density at radius 3 is 2.58 bits per heavy atom. The highest BCUT2D eigenvalue weighted by Gasteiger charge is 2.19. The molecule has 0 radical (unpaired) electrons. The van der Waals surface area contributed by atoms with E-state index in [9.17, 15) is 0 Å². The van der Waals surface area contributed by atoms with Crippen molar-refractivity contribution in [3.8, 4) is 0 Å². The van der Waals surface area contributed by atoms with E-state index in [1.165, 1.54) is 0 Å². The van der Waals surface area contributed by atoms with E-state index < -0.39 is 0 Å². The third-order valence-electron chi connectivity index (χ3n) is 2.29. The van der Waals surface area contributed by atoms with E-state index in [1.54, 1.807) is 0 Å². The van der Waals surface area contributed by atoms with Crippen LogP contribution in [0.5, 0.6) is 0 Å². The van der Waals surface area contributed by atoms with Gasteiger partial charge in [-0.25, -0.2) is 4.98 Å². The van der Waals surface area contributed by atoms with Gasteiger partial charge in [0.1, 0.15) is 4.60 Å². The predicted octanol–water partition coefficient (Wildman–Crippen LogP) is 3.53. The molecule has 0 aliphatic carbocycles. The minimum absolute atomic E-state index is 0.184. The Kier molecular flexibility index (Phi) is 2.89. The molecule has 1 aromatic rings. The highest BCUT2D eigenvalue weighted by Crippen LogP contribution is 2.25. The second-order valence-corrected chi connectivity index (χ2v) is 4.40. The van der Waals surface area contributed by atoms with Gasteiger partial charge in [0.25, 0.3) is 0 Å². The lowest BCUT2D eigenvalue weighted by Gasteiger charge is -2.21. The Morgan fingerprint density at radius 2 is 2.08 bits per heavy atom. The van der Waals surface area contributed by atoms with Crippen LogP contribution in [0.2, 0.25) is 0 Å². The molecule has 2 heteroatoms. The van der Waals surface area contributed by atoms with Crippen LogP contribution < -0.4 is 0 Å². The van der Waals surface area contributed by atoms with Crippen molar-refractivity contribution in [2.45, 2.75) is 32.6 Å². The van der Waals surface area contributed by atoms with Crippen LogP contribution in [0.4, 0.5) is 0 Å². The lowest BCUT2D eigenvalue weighted by atomic mass is 9.86. The van der Waals surface area contributed by atoms with Crippen LogP contribution in [0.25, 0.3) is 0 Å². The maximum Gasteiger partial charge on any atom is 0.106 e. The van der Waals surface area contributed by atoms with Gasteiger partial charge < -0.3 is 0 Å². The highest BCUT2D eigenvalue weighted by molar-refractivity contribution is 9.10. The van der Waals surface area contributed by atoms with E-state index in [-0.39, 0.29) is 5.41 Å². The highest BCUT2D eigenvalue weighted by atomic mass is 79.9. The van der Waals surface area contributed by atoms with Crippen molar-refractivity contribution < 1.29 is 0 Å². The molecule has 0 aliphatic heterocycles. The zero-order valence-electron chi connectivity index (χ0n) is 7.76. The number of pyridine rings is 1. The summed E-state index contributed by atoms with van der Waals surface area (Å²) in [5.74, 6) is 0. The van der Waals surface area contributed by atoms with Crippen molar-refractivity contribution in [3.63, 3.8) is 0 Å². The summed E-state index contributed by atoms with van der Waals surface area (Å²) in [6, 6.07) is 6.06. The molecule has 1 aromatic heterocycles. The normalized spacial score (nSPS) is 11.7. The minimum Gasteiger partial charge on any atom is -0.245 e. The molecule has 0 aliphatic rings. The molecule has 0 saturated carbocycles. The Bertz CT molecular complexity index is 268. The SMILES string of the molecule is CCC(C)(C)c1cccc(Br)n1. The zero-order valence-corrected chi connectivity index (χ0v) is 9.35. The molecular weight excluding hydrogens is 214 g/mol. The summed E-state index contributed by atoms with van der Waals surface area (Å²) in [7, 11) is 0. The molecule has 66 valence electrons. The first-order chi connectivity index (χ1) is 5.56. The number of nitrogens with zero attached hydrogens (tertiary/aromatic N) is 1. The first kappa shape index (κ1) is 9.72.